The van der Waals surface area contributed by atoms with Gasteiger partial charge < -0.3 is 34.6 Å². The van der Waals surface area contributed by atoms with E-state index in [2.05, 4.69) is 161 Å². The monoisotopic (exact) mass is 1910 g/mol. The summed E-state index contributed by atoms with van der Waals surface area (Å²) in [5.74, 6) is 2.31. The number of nitrogens with one attached hydrogen (secondary N) is 1. The number of benzene rings is 8. The number of ether oxygens (including phenoxy) is 5. The van der Waals surface area contributed by atoms with E-state index in [0.717, 1.165) is 199 Å². The number of carbonyl (C=O) groups excluding carboxylic acids is 3. The number of Topliss-reactive ketones (excluding diaryl/α,β-unsaturated/α-hetero) is 3. The van der Waals surface area contributed by atoms with Gasteiger partial charge in [-0.2, -0.15) is 10.3 Å². The molecular weight excluding hydrogens is 1800 g/mol. The number of nitrogens with two attached hydrogens (primary N) is 1. The van der Waals surface area contributed by atoms with E-state index in [1.54, 1.807) is 23.7 Å². The predicted octanol–water partition coefficient (Wildman–Crippen LogP) is 22.9. The van der Waals surface area contributed by atoms with E-state index in [1.807, 2.05) is 109 Å². The molecule has 8 aromatic rings. The molecule has 8 aromatic carbocycles. The lowest BCUT2D eigenvalue weighted by Gasteiger charge is -2.35. The largest absolute Gasteiger partial charge is 0.381 e. The van der Waals surface area contributed by atoms with Gasteiger partial charge in [0.15, 0.2) is 50.9 Å². The highest BCUT2D eigenvalue weighted by Crippen LogP contribution is 2.58. The summed E-state index contributed by atoms with van der Waals surface area (Å²) in [5, 5.41) is 18.0. The number of hydrogen-bond acceptors (Lipinski definition) is 18. The first-order chi connectivity index (χ1) is 59.5. The third-order valence-corrected chi connectivity index (χ3v) is 26.6. The van der Waals surface area contributed by atoms with Crippen LogP contribution >= 0.6 is 67.5 Å². The lowest BCUT2D eigenvalue weighted by atomic mass is 9.75. The normalized spacial score (nSPS) is 18.9. The van der Waals surface area contributed by atoms with Crippen LogP contribution in [0.5, 0.6) is 0 Å². The molecule has 21 nitrogen and oxygen atoms in total. The number of ketones is 3. The smallest absolute Gasteiger partial charge is 0.218 e. The Balaban J connectivity index is 0.000000157. The first kappa shape index (κ1) is 98.2. The van der Waals surface area contributed by atoms with Crippen LogP contribution in [0.4, 0.5) is 17.1 Å². The predicted molar refractivity (Wildman–Crippen MR) is 511 cm³/mol. The van der Waals surface area contributed by atoms with E-state index in [4.69, 9.17) is 92.6 Å². The van der Waals surface area contributed by atoms with Crippen LogP contribution in [-0.2, 0) is 62.3 Å². The Morgan fingerprint density at radius 3 is 1.34 bits per heavy atom. The minimum absolute atomic E-state index is 0. The van der Waals surface area contributed by atoms with Gasteiger partial charge in [-0.05, 0) is 219 Å². The maximum absolute atomic E-state index is 12.6. The van der Waals surface area contributed by atoms with Crippen LogP contribution in [0.25, 0.3) is 47.9 Å². The maximum atomic E-state index is 12.6. The molecule has 28 heteroatoms. The van der Waals surface area contributed by atoms with Crippen molar-refractivity contribution in [1.29, 1.82) is 5.26 Å². The van der Waals surface area contributed by atoms with Crippen LogP contribution in [0, 0.1) is 31.2 Å². The van der Waals surface area contributed by atoms with Gasteiger partial charge in [-0.1, -0.05) is 135 Å². The quantitative estimate of drug-likeness (QED) is 0.0231. The Kier molecular flexibility index (Phi) is 35.0. The minimum atomic E-state index is -1.31. The lowest BCUT2D eigenvalue weighted by molar-refractivity contribution is -0.178. The van der Waals surface area contributed by atoms with Gasteiger partial charge in [0.2, 0.25) is 17.9 Å². The van der Waals surface area contributed by atoms with Crippen molar-refractivity contribution in [1.82, 2.24) is 10.5 Å². The van der Waals surface area contributed by atoms with Gasteiger partial charge in [-0.3, -0.25) is 23.7 Å². The Labute approximate surface area is 769 Å². The Morgan fingerprint density at radius 1 is 0.528 bits per heavy atom. The van der Waals surface area contributed by atoms with Crippen LogP contribution in [0.15, 0.2) is 192 Å². The van der Waals surface area contributed by atoms with Gasteiger partial charge in [0.05, 0.1) is 44.7 Å². The minimum Gasteiger partial charge on any atom is -0.381 e. The summed E-state index contributed by atoms with van der Waals surface area (Å²) < 4.78 is 37.5. The highest BCUT2D eigenvalue weighted by molar-refractivity contribution is 9.10. The van der Waals surface area contributed by atoms with Crippen LogP contribution in [0.2, 0.25) is 39.3 Å². The maximum Gasteiger partial charge on any atom is 0.218 e. The van der Waals surface area contributed by atoms with Crippen molar-refractivity contribution in [2.75, 3.05) is 91.9 Å². The van der Waals surface area contributed by atoms with Crippen LogP contribution < -0.4 is 11.2 Å². The molecule has 0 saturated carbocycles. The van der Waals surface area contributed by atoms with Crippen molar-refractivity contribution >= 4 is 136 Å². The first-order valence-electron chi connectivity index (χ1n) is 41.9. The average molecular weight is 1910 g/mol. The molecule has 5 aliphatic carbocycles. The number of guanidine groups is 1. The van der Waals surface area contributed by atoms with E-state index in [0.29, 0.717) is 73.0 Å². The molecule has 125 heavy (non-hydrogen) atoms. The van der Waals surface area contributed by atoms with Crippen molar-refractivity contribution in [3.8, 4) is 39.6 Å². The molecule has 5 spiro atoms. The van der Waals surface area contributed by atoms with E-state index in [1.165, 1.54) is 34.9 Å². The van der Waals surface area contributed by atoms with Crippen molar-refractivity contribution in [2.45, 2.75) is 157 Å². The van der Waals surface area contributed by atoms with Gasteiger partial charge in [-0.25, -0.2) is 34.9 Å². The number of carbonyl (C=O) groups is 3. The molecular formula is C97H108Br2Cl3N11O10Si2. The van der Waals surface area contributed by atoms with E-state index < -0.39 is 22.2 Å². The fourth-order valence-corrected chi connectivity index (χ4v) is 19.4. The molecule has 5 heterocycles. The number of aliphatic imine (C=N–C) groups is 2. The van der Waals surface area contributed by atoms with Gasteiger partial charge in [-0.15, -0.1) is 35.6 Å². The van der Waals surface area contributed by atoms with Crippen molar-refractivity contribution in [3.05, 3.63) is 263 Å². The summed E-state index contributed by atoms with van der Waals surface area (Å²) in [7, 11) is 0.598. The number of hydroxylamine groups is 3. The molecule has 0 aromatic heterocycles. The fourth-order valence-electron chi connectivity index (χ4n) is 17.7. The van der Waals surface area contributed by atoms with Gasteiger partial charge in [0.1, 0.15) is 0 Å². The standard InChI is InChI=1S/C22H22N4O2.C21H17N3O.C20H17NO2.C13H13BrO2.C9H7BrO.C7H18N2Si2.C4H8Cl2O.CH5NO.ClH/c1-24-17-5-3-4-15(12-17)16-6-7-18-19(13-16)22(25-20(23)26(2)28-22)14-21(18)8-10-27-11-9-21;1-23-17-4-2-3-15(11-17)16-5-6-19-18(12-16)20(24-14-22)13-21(19)7-9-25-10-8-21;1-21-16-4-2-3-14(11-16)15-5-6-18-17(12-15)19(22)13-20(18)7-9-23-10-8-20;14-9-1-2-11-10(7-9)12(15)8-13(11)3-5-16-6-4-13;10-7-3-1-6-2-4-9(11)8(6)5-7;1-10(2,3)8-7-9-11(4,5)6;5-1-3-7-4-2-6;1-2-3;/h3-7,12-13H,8-11,14H2,2H3,(H2,23,25);2-6,11-12H,7-10,13H2;2-6,11-12H,7-10,13H2;1-2,7H,3-6,8H2;1,3,5H,2,4H2;1-6H3;1-4H2;2-3H,1H3;1H. The van der Waals surface area contributed by atoms with E-state index >= 15 is 0 Å². The number of nitrogens with zero attached hydrogens (tertiary/aromatic N) is 9. The topological polar surface area (TPSA) is 254 Å². The van der Waals surface area contributed by atoms with Crippen molar-refractivity contribution in [3.63, 3.8) is 0 Å². The van der Waals surface area contributed by atoms with Gasteiger partial charge >= 0.3 is 0 Å². The summed E-state index contributed by atoms with van der Waals surface area (Å²) in [6, 6.07) is 56.8. The number of aryl methyl sites for hydroxylation is 1. The zero-order chi connectivity index (χ0) is 88.9. The lowest BCUT2D eigenvalue weighted by Crippen LogP contribution is -2.35. The Bertz CT molecular complexity index is 5490. The second-order valence-corrected chi connectivity index (χ2v) is 45.9. The molecule has 1 atom stereocenters. The third-order valence-electron chi connectivity index (χ3n) is 23.8. The number of alkyl halides is 2. The highest BCUT2D eigenvalue weighted by atomic mass is 79.9. The first-order valence-corrected chi connectivity index (χ1v) is 51.4. The zero-order valence-electron chi connectivity index (χ0n) is 72.1. The third kappa shape index (κ3) is 24.5. The van der Waals surface area contributed by atoms with Crippen molar-refractivity contribution < 1.29 is 48.1 Å². The molecule has 654 valence electrons. The number of halogens is 5. The SMILES string of the molecule is CNO.C[Si](C)(C)N=C=N[Si](C)(C)C.Cl.ClCCOCCCl.O=C1CC2(CCOCC2)c2ccc(Br)cc21.O=C1CCc2ccc(Br)cc21.[C-]#[N+]c1cccc(-c2ccc3c(c2)C(=NC#N)CC32CCOCC2)c1.[C-]#[N+]c1cccc(-c2ccc3c(c2)C(=O)CC32CCOCC2)c1.[C-]#[N+]c1cccc(-c2ccc3c(c2)C2(CC34CCOCC4)N=C(N)N(C)O2)c1. The van der Waals surface area contributed by atoms with Crippen molar-refractivity contribution in [2.24, 2.45) is 25.0 Å². The number of rotatable bonds is 9. The Morgan fingerprint density at radius 2 is 0.912 bits per heavy atom. The molecule has 0 bridgehead atoms. The molecule has 18 rings (SSSR count). The molecule has 4 saturated heterocycles. The molecule has 1 unspecified atom stereocenters. The number of hydrogen-bond donors (Lipinski definition) is 3. The van der Waals surface area contributed by atoms with Gasteiger partial charge in [0.25, 0.3) is 0 Å². The summed E-state index contributed by atoms with van der Waals surface area (Å²) >= 11 is 17.3. The molecule has 10 aliphatic rings. The number of nitriles is 1. The summed E-state index contributed by atoms with van der Waals surface area (Å²) in [6.07, 6.45) is 14.1. The average Bonchev–Trinajstić information content (AvgIpc) is 1.55. The van der Waals surface area contributed by atoms with E-state index in [9.17, 15) is 14.4 Å². The molecule has 5 aliphatic heterocycles. The zero-order valence-corrected chi connectivity index (χ0v) is 79.6. The van der Waals surface area contributed by atoms with Crippen LogP contribution in [0.3, 0.4) is 0 Å². The second kappa shape index (κ2) is 44.6. The molecule has 4 N–H and O–H groups in total. The van der Waals surface area contributed by atoms with E-state index in [-0.39, 0.29) is 45.6 Å². The number of fused-ring (bicyclic) bond motifs is 10. The van der Waals surface area contributed by atoms with Gasteiger partial charge in [0, 0.05) is 169 Å². The summed E-state index contributed by atoms with van der Waals surface area (Å²) in [6.45, 7) is 42.0. The van der Waals surface area contributed by atoms with Crippen LogP contribution in [-0.4, -0.2) is 154 Å². The fraction of sp³-hybridized carbons (Fsp3) is 0.402. The highest BCUT2D eigenvalue weighted by Gasteiger charge is 2.57. The van der Waals surface area contributed by atoms with Crippen LogP contribution in [0.1, 0.15) is 153 Å². The second-order valence-electron chi connectivity index (χ2n) is 34.2. The summed E-state index contributed by atoms with van der Waals surface area (Å²) in [4.78, 5) is 61.4. The molecule has 0 amide bonds. The Hall–Kier alpha value is -9.01. The molecule has 4 fully saturated rings. The molecule has 0 radical (unpaired) electrons. The summed E-state index contributed by atoms with van der Waals surface area (Å²) in [5.41, 5.74) is 27.1.